The van der Waals surface area contributed by atoms with Crippen LogP contribution in [0.3, 0.4) is 0 Å². The highest BCUT2D eigenvalue weighted by molar-refractivity contribution is 5.97. The van der Waals surface area contributed by atoms with Gasteiger partial charge in [0.2, 0.25) is 0 Å². The van der Waals surface area contributed by atoms with Gasteiger partial charge in [-0.25, -0.2) is 0 Å². The number of benzene rings is 1. The Morgan fingerprint density at radius 2 is 2.06 bits per heavy atom. The van der Waals surface area contributed by atoms with Gasteiger partial charge in [-0.05, 0) is 18.2 Å². The molecule has 4 N–H and O–H groups in total. The summed E-state index contributed by atoms with van der Waals surface area (Å²) in [7, 11) is 1.44. The summed E-state index contributed by atoms with van der Waals surface area (Å²) < 4.78 is 4.93. The topological polar surface area (TPSA) is 99.0 Å². The van der Waals surface area contributed by atoms with E-state index in [2.05, 4.69) is 5.32 Å². The van der Waals surface area contributed by atoms with Gasteiger partial charge in [-0.15, -0.1) is 0 Å². The van der Waals surface area contributed by atoms with E-state index in [-0.39, 0.29) is 24.5 Å². The molecule has 1 amide bonds. The maximum Gasteiger partial charge on any atom is 0.255 e. The Hall–Kier alpha value is -1.79. The minimum Gasteiger partial charge on any atom is -0.507 e. The lowest BCUT2D eigenvalue weighted by atomic mass is 10.1. The third-order valence-electron chi connectivity index (χ3n) is 2.22. The van der Waals surface area contributed by atoms with Crippen LogP contribution < -0.4 is 10.1 Å². The summed E-state index contributed by atoms with van der Waals surface area (Å²) >= 11 is 0. The first kappa shape index (κ1) is 13.3. The molecule has 1 rings (SSSR count). The summed E-state index contributed by atoms with van der Waals surface area (Å²) in [5.41, 5.74) is 0.0243. The normalized spacial score (nSPS) is 10.4. The lowest BCUT2D eigenvalue weighted by Gasteiger charge is -2.14. The van der Waals surface area contributed by atoms with Gasteiger partial charge >= 0.3 is 0 Å². The molecule has 0 aromatic heterocycles. The van der Waals surface area contributed by atoms with E-state index in [0.29, 0.717) is 5.75 Å². The van der Waals surface area contributed by atoms with Crippen molar-refractivity contribution in [2.24, 2.45) is 0 Å². The molecule has 1 aromatic carbocycles. The summed E-state index contributed by atoms with van der Waals surface area (Å²) in [4.78, 5) is 11.7. The highest BCUT2D eigenvalue weighted by Gasteiger charge is 2.16. The number of methoxy groups -OCH3 is 1. The van der Waals surface area contributed by atoms with Crippen LogP contribution in [0.25, 0.3) is 0 Å². The number of hydrogen-bond donors (Lipinski definition) is 4. The number of rotatable bonds is 5. The second kappa shape index (κ2) is 6.07. The average molecular weight is 241 g/mol. The number of ether oxygens (including phenoxy) is 1. The first-order valence-electron chi connectivity index (χ1n) is 5.02. The van der Waals surface area contributed by atoms with Crippen molar-refractivity contribution in [1.82, 2.24) is 5.32 Å². The molecule has 0 unspecified atom stereocenters. The first-order valence-corrected chi connectivity index (χ1v) is 5.02. The van der Waals surface area contributed by atoms with Crippen LogP contribution in [0.2, 0.25) is 0 Å². The van der Waals surface area contributed by atoms with Crippen molar-refractivity contribution in [3.05, 3.63) is 23.8 Å². The zero-order chi connectivity index (χ0) is 12.8. The first-order chi connectivity index (χ1) is 8.12. The minimum atomic E-state index is -0.756. The molecule has 0 saturated heterocycles. The third kappa shape index (κ3) is 3.33. The molecule has 0 bridgehead atoms. The molecule has 1 aromatic rings. The molecule has 0 heterocycles. The van der Waals surface area contributed by atoms with Gasteiger partial charge in [-0.1, -0.05) is 0 Å². The second-order valence-electron chi connectivity index (χ2n) is 3.42. The number of aromatic hydroxyl groups is 1. The van der Waals surface area contributed by atoms with Gasteiger partial charge < -0.3 is 25.4 Å². The molecule has 0 radical (unpaired) electrons. The minimum absolute atomic E-state index is 0.0243. The second-order valence-corrected chi connectivity index (χ2v) is 3.42. The lowest BCUT2D eigenvalue weighted by molar-refractivity contribution is 0.0876. The number of hydrogen-bond acceptors (Lipinski definition) is 5. The molecule has 0 aliphatic carbocycles. The van der Waals surface area contributed by atoms with Crippen molar-refractivity contribution in [3.63, 3.8) is 0 Å². The fraction of sp³-hybridized carbons (Fsp3) is 0.364. The predicted molar refractivity (Wildman–Crippen MR) is 60.1 cm³/mol. The number of aliphatic hydroxyl groups excluding tert-OH is 2. The van der Waals surface area contributed by atoms with Crippen LogP contribution >= 0.6 is 0 Å². The van der Waals surface area contributed by atoms with Gasteiger partial charge in [0.05, 0.1) is 31.9 Å². The van der Waals surface area contributed by atoms with Crippen LogP contribution in [0, 0.1) is 0 Å². The van der Waals surface area contributed by atoms with Gasteiger partial charge in [0.1, 0.15) is 11.5 Å². The zero-order valence-electron chi connectivity index (χ0n) is 9.38. The number of nitrogens with one attached hydrogen (secondary N) is 1. The summed E-state index contributed by atoms with van der Waals surface area (Å²) in [6.07, 6.45) is 0. The quantitative estimate of drug-likeness (QED) is 0.556. The Morgan fingerprint density at radius 1 is 1.41 bits per heavy atom. The van der Waals surface area contributed by atoms with Gasteiger partial charge in [0, 0.05) is 0 Å². The van der Waals surface area contributed by atoms with Crippen molar-refractivity contribution in [2.75, 3.05) is 20.3 Å². The Kier molecular flexibility index (Phi) is 4.74. The van der Waals surface area contributed by atoms with Crippen molar-refractivity contribution in [3.8, 4) is 11.5 Å². The van der Waals surface area contributed by atoms with Crippen LogP contribution in [0.15, 0.2) is 18.2 Å². The maximum atomic E-state index is 11.7. The summed E-state index contributed by atoms with van der Waals surface area (Å²) in [5, 5.41) is 29.5. The molecule has 17 heavy (non-hydrogen) atoms. The molecule has 6 nitrogen and oxygen atoms in total. The van der Waals surface area contributed by atoms with E-state index < -0.39 is 11.9 Å². The van der Waals surface area contributed by atoms with Crippen LogP contribution in [0.5, 0.6) is 11.5 Å². The van der Waals surface area contributed by atoms with Gasteiger partial charge in [0.15, 0.2) is 0 Å². The summed E-state index contributed by atoms with van der Waals surface area (Å²) in [6.45, 7) is -0.764. The molecule has 0 saturated carbocycles. The molecule has 94 valence electrons. The SMILES string of the molecule is COc1ccc(O)c(C(=O)NC(CO)CO)c1. The van der Waals surface area contributed by atoms with Crippen molar-refractivity contribution in [2.45, 2.75) is 6.04 Å². The maximum absolute atomic E-state index is 11.7. The van der Waals surface area contributed by atoms with Crippen molar-refractivity contribution < 1.29 is 24.9 Å². The number of carbonyl (C=O) groups is 1. The molecule has 0 spiro atoms. The lowest BCUT2D eigenvalue weighted by Crippen LogP contribution is -2.40. The number of phenols is 1. The van der Waals surface area contributed by atoms with E-state index in [4.69, 9.17) is 14.9 Å². The van der Waals surface area contributed by atoms with Crippen molar-refractivity contribution in [1.29, 1.82) is 0 Å². The highest BCUT2D eigenvalue weighted by atomic mass is 16.5. The van der Waals surface area contributed by atoms with E-state index in [1.807, 2.05) is 0 Å². The van der Waals surface area contributed by atoms with Gasteiger partial charge in [-0.2, -0.15) is 0 Å². The number of carbonyl (C=O) groups excluding carboxylic acids is 1. The predicted octanol–water partition coefficient (Wildman–Crippen LogP) is -0.516. The average Bonchev–Trinajstić information content (AvgIpc) is 2.36. The Morgan fingerprint density at radius 3 is 2.59 bits per heavy atom. The monoisotopic (exact) mass is 241 g/mol. The van der Waals surface area contributed by atoms with E-state index in [1.54, 1.807) is 0 Å². The van der Waals surface area contributed by atoms with E-state index in [9.17, 15) is 9.90 Å². The smallest absolute Gasteiger partial charge is 0.255 e. The van der Waals surface area contributed by atoms with Crippen molar-refractivity contribution >= 4 is 5.91 Å². The van der Waals surface area contributed by atoms with E-state index in [1.165, 1.54) is 25.3 Å². The largest absolute Gasteiger partial charge is 0.507 e. The Labute approximate surface area is 98.5 Å². The Bertz CT molecular complexity index is 389. The number of phenolic OH excluding ortho intramolecular Hbond substituents is 1. The van der Waals surface area contributed by atoms with Gasteiger partial charge in [0.25, 0.3) is 5.91 Å². The molecule has 0 atom stereocenters. The molecule has 0 fully saturated rings. The van der Waals surface area contributed by atoms with Gasteiger partial charge in [-0.3, -0.25) is 4.79 Å². The standard InChI is InChI=1S/C11H15NO5/c1-17-8-2-3-10(15)9(4-8)11(16)12-7(5-13)6-14/h2-4,7,13-15H,5-6H2,1H3,(H,12,16). The number of amides is 1. The van der Waals surface area contributed by atoms with Crippen LogP contribution in [0.4, 0.5) is 0 Å². The van der Waals surface area contributed by atoms with E-state index >= 15 is 0 Å². The third-order valence-corrected chi connectivity index (χ3v) is 2.22. The van der Waals surface area contributed by atoms with Crippen LogP contribution in [-0.2, 0) is 0 Å². The fourth-order valence-corrected chi connectivity index (χ4v) is 1.24. The highest BCUT2D eigenvalue weighted by Crippen LogP contribution is 2.22. The summed E-state index contributed by atoms with van der Waals surface area (Å²) in [5.74, 6) is -0.357. The molecule has 0 aliphatic rings. The van der Waals surface area contributed by atoms with Crippen LogP contribution in [-0.4, -0.2) is 47.6 Å². The molecule has 0 aliphatic heterocycles. The zero-order valence-corrected chi connectivity index (χ0v) is 9.38. The molecular formula is C11H15NO5. The van der Waals surface area contributed by atoms with E-state index in [0.717, 1.165) is 0 Å². The molecule has 6 heteroatoms. The number of aliphatic hydroxyl groups is 2. The molecular weight excluding hydrogens is 226 g/mol. The Balaban J connectivity index is 2.87. The summed E-state index contributed by atoms with van der Waals surface area (Å²) in [6, 6.07) is 3.46. The van der Waals surface area contributed by atoms with Crippen LogP contribution in [0.1, 0.15) is 10.4 Å². The fourth-order valence-electron chi connectivity index (χ4n) is 1.24.